The van der Waals surface area contributed by atoms with Crippen LogP contribution in [-0.4, -0.2) is 11.4 Å². The van der Waals surface area contributed by atoms with Gasteiger partial charge >= 0.3 is 0 Å². The summed E-state index contributed by atoms with van der Waals surface area (Å²) >= 11 is 0. The largest absolute Gasteiger partial charge is 0.258 e. The fraction of sp³-hybridized carbons (Fsp3) is 0.478. The molecule has 0 amide bonds. The third-order valence-corrected chi connectivity index (χ3v) is 4.20. The molecule has 25 heavy (non-hydrogen) atoms. The van der Waals surface area contributed by atoms with Crippen LogP contribution in [0.4, 0.5) is 5.69 Å². The van der Waals surface area contributed by atoms with Crippen LogP contribution in [0.1, 0.15) is 70.6 Å². The Kier molecular flexibility index (Phi) is 8.54. The highest BCUT2D eigenvalue weighted by molar-refractivity contribution is 6.24. The summed E-state index contributed by atoms with van der Waals surface area (Å²) in [6.45, 7) is 17.0. The molecule has 1 aromatic rings. The van der Waals surface area contributed by atoms with Crippen molar-refractivity contribution in [1.82, 2.24) is 0 Å². The maximum atomic E-state index is 5.08. The van der Waals surface area contributed by atoms with Crippen LogP contribution >= 0.6 is 0 Å². The van der Waals surface area contributed by atoms with Gasteiger partial charge in [0.2, 0.25) is 0 Å². The maximum absolute atomic E-state index is 5.08. The Balaban J connectivity index is 3.41. The third kappa shape index (κ3) is 6.12. The van der Waals surface area contributed by atoms with E-state index in [0.29, 0.717) is 0 Å². The van der Waals surface area contributed by atoms with E-state index in [-0.39, 0.29) is 0 Å². The minimum atomic E-state index is 0.954. The van der Waals surface area contributed by atoms with Crippen molar-refractivity contribution < 1.29 is 0 Å². The van der Waals surface area contributed by atoms with E-state index >= 15 is 0 Å². The van der Waals surface area contributed by atoms with Gasteiger partial charge in [0, 0.05) is 22.7 Å². The SMILES string of the molecule is C/C=C(C(\C)=N/C(C)=C\CC)/C(CCC)=N/c1c(C)cc(C)cc1C. The summed E-state index contributed by atoms with van der Waals surface area (Å²) in [5.41, 5.74) is 9.25. The van der Waals surface area contributed by atoms with Gasteiger partial charge in [-0.25, -0.2) is 0 Å². The fourth-order valence-electron chi connectivity index (χ4n) is 3.22. The van der Waals surface area contributed by atoms with E-state index in [9.17, 15) is 0 Å². The predicted octanol–water partition coefficient (Wildman–Crippen LogP) is 7.21. The monoisotopic (exact) mass is 338 g/mol. The molecule has 0 heterocycles. The first-order valence-corrected chi connectivity index (χ1v) is 9.38. The number of hydrogen-bond donors (Lipinski definition) is 0. The second-order valence-electron chi connectivity index (χ2n) is 6.71. The summed E-state index contributed by atoms with van der Waals surface area (Å²) in [5.74, 6) is 0. The number of aryl methyl sites for hydroxylation is 3. The minimum Gasteiger partial charge on any atom is -0.258 e. The Bertz CT molecular complexity index is 693. The van der Waals surface area contributed by atoms with Gasteiger partial charge in [0.15, 0.2) is 0 Å². The zero-order valence-electron chi connectivity index (χ0n) is 17.3. The molecule has 0 unspecified atom stereocenters. The van der Waals surface area contributed by atoms with E-state index in [2.05, 4.69) is 79.7 Å². The molecular formula is C23H34N2. The van der Waals surface area contributed by atoms with Crippen molar-refractivity contribution in [2.24, 2.45) is 9.98 Å². The van der Waals surface area contributed by atoms with Gasteiger partial charge in [-0.15, -0.1) is 0 Å². The first-order valence-electron chi connectivity index (χ1n) is 9.38. The quantitative estimate of drug-likeness (QED) is 0.469. The molecule has 1 rings (SSSR count). The van der Waals surface area contributed by atoms with E-state index < -0.39 is 0 Å². The van der Waals surface area contributed by atoms with Gasteiger partial charge in [-0.3, -0.25) is 9.98 Å². The smallest absolute Gasteiger partial charge is 0.0691 e. The molecule has 0 aliphatic carbocycles. The number of allylic oxidation sites excluding steroid dienone is 4. The molecule has 0 atom stereocenters. The van der Waals surface area contributed by atoms with Crippen molar-refractivity contribution in [3.05, 3.63) is 52.2 Å². The third-order valence-electron chi connectivity index (χ3n) is 4.20. The van der Waals surface area contributed by atoms with Gasteiger partial charge in [0.1, 0.15) is 0 Å². The van der Waals surface area contributed by atoms with Crippen LogP contribution in [0.25, 0.3) is 0 Å². The summed E-state index contributed by atoms with van der Waals surface area (Å²) < 4.78 is 0. The number of rotatable bonds is 7. The number of aliphatic imine (C=N–C) groups is 2. The summed E-state index contributed by atoms with van der Waals surface area (Å²) in [6, 6.07) is 4.42. The van der Waals surface area contributed by atoms with E-state index in [1.807, 2.05) is 0 Å². The Morgan fingerprint density at radius 3 is 2.12 bits per heavy atom. The average Bonchev–Trinajstić information content (AvgIpc) is 2.51. The van der Waals surface area contributed by atoms with Gasteiger partial charge in [-0.1, -0.05) is 50.1 Å². The van der Waals surface area contributed by atoms with Crippen LogP contribution < -0.4 is 0 Å². The van der Waals surface area contributed by atoms with E-state index in [0.717, 1.165) is 47.6 Å². The van der Waals surface area contributed by atoms with Crippen LogP contribution in [0.5, 0.6) is 0 Å². The normalized spacial score (nSPS) is 14.2. The Labute approximate surface area is 154 Å². The summed E-state index contributed by atoms with van der Waals surface area (Å²) in [4.78, 5) is 9.85. The second kappa shape index (κ2) is 10.1. The molecule has 0 bridgehead atoms. The first-order chi connectivity index (χ1) is 11.8. The van der Waals surface area contributed by atoms with Crippen LogP contribution in [0.15, 0.2) is 45.5 Å². The lowest BCUT2D eigenvalue weighted by Crippen LogP contribution is -2.11. The van der Waals surface area contributed by atoms with E-state index in [4.69, 9.17) is 9.98 Å². The molecule has 0 radical (unpaired) electrons. The minimum absolute atomic E-state index is 0.954. The van der Waals surface area contributed by atoms with Crippen LogP contribution in [0, 0.1) is 20.8 Å². The Hall–Kier alpha value is -1.96. The molecule has 0 saturated carbocycles. The number of hydrogen-bond acceptors (Lipinski definition) is 2. The molecular weight excluding hydrogens is 304 g/mol. The zero-order valence-corrected chi connectivity index (χ0v) is 17.3. The Morgan fingerprint density at radius 2 is 1.64 bits per heavy atom. The average molecular weight is 339 g/mol. The van der Waals surface area contributed by atoms with Crippen molar-refractivity contribution >= 4 is 17.1 Å². The molecule has 0 spiro atoms. The summed E-state index contributed by atoms with van der Waals surface area (Å²) in [6.07, 6.45) is 7.32. The molecule has 0 saturated heterocycles. The first kappa shape index (κ1) is 21.1. The molecule has 0 aliphatic rings. The standard InChI is InChI=1S/C23H34N2/c1-9-12-19(7)24-20(8)21(11-3)22(13-10-2)25-23-17(5)14-16(4)15-18(23)6/h11-12,14-15H,9-10,13H2,1-8H3/b19-12-,21-11+,24-20-,25-22+. The molecule has 136 valence electrons. The highest BCUT2D eigenvalue weighted by atomic mass is 14.8. The van der Waals surface area contributed by atoms with E-state index in [1.165, 1.54) is 16.7 Å². The van der Waals surface area contributed by atoms with Gasteiger partial charge in [-0.05, 0) is 65.5 Å². The maximum Gasteiger partial charge on any atom is 0.0691 e. The van der Waals surface area contributed by atoms with Gasteiger partial charge < -0.3 is 0 Å². The molecule has 2 heteroatoms. The van der Waals surface area contributed by atoms with Gasteiger partial charge in [-0.2, -0.15) is 0 Å². The Morgan fingerprint density at radius 1 is 1.04 bits per heavy atom. The van der Waals surface area contributed by atoms with Crippen molar-refractivity contribution in [1.29, 1.82) is 0 Å². The van der Waals surface area contributed by atoms with Crippen molar-refractivity contribution in [2.45, 2.75) is 74.7 Å². The topological polar surface area (TPSA) is 24.7 Å². The van der Waals surface area contributed by atoms with Crippen molar-refractivity contribution in [3.63, 3.8) is 0 Å². The molecule has 2 nitrogen and oxygen atoms in total. The molecule has 1 aromatic carbocycles. The lowest BCUT2D eigenvalue weighted by molar-refractivity contribution is 0.992. The zero-order chi connectivity index (χ0) is 19.0. The second-order valence-corrected chi connectivity index (χ2v) is 6.71. The molecule has 0 fully saturated rings. The highest BCUT2D eigenvalue weighted by Crippen LogP contribution is 2.27. The van der Waals surface area contributed by atoms with Crippen LogP contribution in [-0.2, 0) is 0 Å². The molecule has 0 aliphatic heterocycles. The van der Waals surface area contributed by atoms with Gasteiger partial charge in [0.25, 0.3) is 0 Å². The van der Waals surface area contributed by atoms with Crippen LogP contribution in [0.3, 0.4) is 0 Å². The predicted molar refractivity (Wildman–Crippen MR) is 114 cm³/mol. The lowest BCUT2D eigenvalue weighted by Gasteiger charge is -2.14. The highest BCUT2D eigenvalue weighted by Gasteiger charge is 2.12. The van der Waals surface area contributed by atoms with Crippen molar-refractivity contribution in [3.8, 4) is 0 Å². The van der Waals surface area contributed by atoms with Crippen molar-refractivity contribution in [2.75, 3.05) is 0 Å². The molecule has 0 N–H and O–H groups in total. The number of nitrogens with zero attached hydrogens (tertiary/aromatic N) is 2. The fourth-order valence-corrected chi connectivity index (χ4v) is 3.22. The summed E-state index contributed by atoms with van der Waals surface area (Å²) in [7, 11) is 0. The van der Waals surface area contributed by atoms with Gasteiger partial charge in [0.05, 0.1) is 5.69 Å². The summed E-state index contributed by atoms with van der Waals surface area (Å²) in [5, 5.41) is 0. The lowest BCUT2D eigenvalue weighted by atomic mass is 10.00. The molecule has 0 aromatic heterocycles. The number of benzene rings is 1. The van der Waals surface area contributed by atoms with E-state index in [1.54, 1.807) is 0 Å². The van der Waals surface area contributed by atoms with Crippen LogP contribution in [0.2, 0.25) is 0 Å².